The van der Waals surface area contributed by atoms with Crippen molar-refractivity contribution in [2.75, 3.05) is 0 Å². The molecule has 17 heavy (non-hydrogen) atoms. The van der Waals surface area contributed by atoms with E-state index in [-0.39, 0.29) is 0 Å². The van der Waals surface area contributed by atoms with E-state index < -0.39 is 0 Å². The monoisotopic (exact) mass is 229 g/mol. The summed E-state index contributed by atoms with van der Waals surface area (Å²) in [5.74, 6) is 1.38. The molecule has 0 spiro atoms. The second-order valence-electron chi connectivity index (χ2n) is 5.40. The highest BCUT2D eigenvalue weighted by Crippen LogP contribution is 2.38. The minimum absolute atomic E-state index is 0.621. The Morgan fingerprint density at radius 2 is 2.12 bits per heavy atom. The van der Waals surface area contributed by atoms with Gasteiger partial charge in [0, 0.05) is 18.6 Å². The van der Waals surface area contributed by atoms with Crippen LogP contribution in [0, 0.1) is 12.8 Å². The van der Waals surface area contributed by atoms with Gasteiger partial charge in [0.2, 0.25) is 0 Å². The van der Waals surface area contributed by atoms with E-state index in [1.54, 1.807) is 0 Å². The Bertz CT molecular complexity index is 583. The smallest absolute Gasteiger partial charge is 0.158 e. The summed E-state index contributed by atoms with van der Waals surface area (Å²) in [6.07, 6.45) is 4.52. The van der Waals surface area contributed by atoms with Gasteiger partial charge in [0.05, 0.1) is 5.69 Å². The van der Waals surface area contributed by atoms with Gasteiger partial charge < -0.3 is 0 Å². The van der Waals surface area contributed by atoms with Crippen LogP contribution in [0.2, 0.25) is 0 Å². The van der Waals surface area contributed by atoms with Gasteiger partial charge >= 0.3 is 0 Å². The van der Waals surface area contributed by atoms with Crippen LogP contribution in [-0.4, -0.2) is 14.8 Å². The van der Waals surface area contributed by atoms with Gasteiger partial charge in [-0.05, 0) is 42.7 Å². The third-order valence-corrected chi connectivity index (χ3v) is 4.36. The van der Waals surface area contributed by atoms with Crippen molar-refractivity contribution in [2.45, 2.75) is 39.5 Å². The molecule has 0 fully saturated rings. The number of fused-ring (bicyclic) bond motifs is 3. The zero-order chi connectivity index (χ0) is 12.2. The van der Waals surface area contributed by atoms with Crippen LogP contribution in [0.25, 0.3) is 11.0 Å². The van der Waals surface area contributed by atoms with Crippen molar-refractivity contribution < 1.29 is 0 Å². The minimum Gasteiger partial charge on any atom is -0.250 e. The van der Waals surface area contributed by atoms with Crippen LogP contribution in [0.15, 0.2) is 6.20 Å². The molecular formula is C14H19N3. The molecule has 3 nitrogen and oxygen atoms in total. The second kappa shape index (κ2) is 3.56. The highest BCUT2D eigenvalue weighted by molar-refractivity contribution is 5.83. The van der Waals surface area contributed by atoms with Crippen molar-refractivity contribution in [3.63, 3.8) is 0 Å². The molecule has 1 aliphatic carbocycles. The fraction of sp³-hybridized carbons (Fsp3) is 0.571. The van der Waals surface area contributed by atoms with E-state index in [1.165, 1.54) is 29.4 Å². The van der Waals surface area contributed by atoms with Crippen molar-refractivity contribution in [1.82, 2.24) is 14.8 Å². The summed E-state index contributed by atoms with van der Waals surface area (Å²) in [6.45, 7) is 6.75. The van der Waals surface area contributed by atoms with Crippen LogP contribution in [0.3, 0.4) is 0 Å². The van der Waals surface area contributed by atoms with E-state index in [9.17, 15) is 0 Å². The van der Waals surface area contributed by atoms with Crippen LogP contribution in [0.1, 0.15) is 43.0 Å². The molecule has 0 aliphatic heterocycles. The molecule has 0 bridgehead atoms. The molecule has 2 unspecified atom stereocenters. The molecule has 0 saturated heterocycles. The normalized spacial score (nSPS) is 24.0. The van der Waals surface area contributed by atoms with E-state index >= 15 is 0 Å². The van der Waals surface area contributed by atoms with E-state index in [4.69, 9.17) is 0 Å². The van der Waals surface area contributed by atoms with E-state index in [2.05, 4.69) is 37.1 Å². The van der Waals surface area contributed by atoms with Gasteiger partial charge in [-0.25, -0.2) is 4.98 Å². The second-order valence-corrected chi connectivity index (χ2v) is 5.40. The average Bonchev–Trinajstić information content (AvgIpc) is 2.60. The number of aromatic nitrogens is 3. The Labute approximate surface area is 102 Å². The number of aryl methyl sites for hydroxylation is 3. The molecule has 1 aliphatic rings. The zero-order valence-electron chi connectivity index (χ0n) is 11.0. The first-order valence-corrected chi connectivity index (χ1v) is 6.40. The number of nitrogens with zero attached hydrogens (tertiary/aromatic N) is 3. The van der Waals surface area contributed by atoms with Crippen molar-refractivity contribution in [3.8, 4) is 0 Å². The van der Waals surface area contributed by atoms with Gasteiger partial charge in [-0.2, -0.15) is 5.10 Å². The lowest BCUT2D eigenvalue weighted by Gasteiger charge is -2.28. The Kier molecular flexibility index (Phi) is 2.25. The van der Waals surface area contributed by atoms with Crippen molar-refractivity contribution >= 4 is 11.0 Å². The lowest BCUT2D eigenvalue weighted by Crippen LogP contribution is -2.16. The topological polar surface area (TPSA) is 30.7 Å². The van der Waals surface area contributed by atoms with Gasteiger partial charge in [-0.15, -0.1) is 0 Å². The molecule has 3 rings (SSSR count). The van der Waals surface area contributed by atoms with E-state index in [0.29, 0.717) is 5.92 Å². The first-order valence-electron chi connectivity index (χ1n) is 6.40. The predicted octanol–water partition coefficient (Wildman–Crippen LogP) is 2.96. The molecular weight excluding hydrogens is 210 g/mol. The molecule has 2 heterocycles. The van der Waals surface area contributed by atoms with Crippen molar-refractivity contribution in [1.29, 1.82) is 0 Å². The van der Waals surface area contributed by atoms with Crippen LogP contribution in [0.4, 0.5) is 0 Å². The molecule has 0 aromatic carbocycles. The Hall–Kier alpha value is -1.38. The summed E-state index contributed by atoms with van der Waals surface area (Å²) in [7, 11) is 1.98. The molecule has 0 saturated carbocycles. The van der Waals surface area contributed by atoms with Gasteiger partial charge in [0.15, 0.2) is 5.65 Å². The molecule has 2 aromatic heterocycles. The summed E-state index contributed by atoms with van der Waals surface area (Å²) in [5, 5.41) is 5.79. The minimum atomic E-state index is 0.621. The molecule has 0 N–H and O–H groups in total. The van der Waals surface area contributed by atoms with Crippen molar-refractivity contribution in [2.24, 2.45) is 13.0 Å². The lowest BCUT2D eigenvalue weighted by molar-refractivity contribution is 0.426. The number of hydrogen-bond acceptors (Lipinski definition) is 2. The molecule has 0 radical (unpaired) electrons. The largest absolute Gasteiger partial charge is 0.250 e. The zero-order valence-corrected chi connectivity index (χ0v) is 11.0. The number of rotatable bonds is 0. The third-order valence-electron chi connectivity index (χ3n) is 4.36. The Morgan fingerprint density at radius 1 is 1.35 bits per heavy atom. The summed E-state index contributed by atoms with van der Waals surface area (Å²) in [4.78, 5) is 4.60. The number of pyridine rings is 1. The average molecular weight is 229 g/mol. The molecule has 3 heteroatoms. The summed E-state index contributed by atoms with van der Waals surface area (Å²) >= 11 is 0. The van der Waals surface area contributed by atoms with Crippen LogP contribution < -0.4 is 0 Å². The van der Waals surface area contributed by atoms with Gasteiger partial charge in [-0.3, -0.25) is 4.68 Å². The van der Waals surface area contributed by atoms with Crippen LogP contribution in [0.5, 0.6) is 0 Å². The van der Waals surface area contributed by atoms with Crippen LogP contribution in [-0.2, 0) is 13.5 Å². The van der Waals surface area contributed by atoms with Gasteiger partial charge in [-0.1, -0.05) is 13.8 Å². The standard InChI is InChI=1S/C14H19N3/c1-8-5-6-11-12(9(8)2)7-15-14-13(11)10(3)16-17(14)4/h7-9H,5-6H2,1-4H3. The molecule has 2 atom stereocenters. The van der Waals surface area contributed by atoms with Crippen LogP contribution >= 0.6 is 0 Å². The quantitative estimate of drug-likeness (QED) is 0.695. The fourth-order valence-corrected chi connectivity index (χ4v) is 3.09. The maximum Gasteiger partial charge on any atom is 0.158 e. The SMILES string of the molecule is Cc1nn(C)c2ncc3c(c12)CCC(C)C3C. The molecule has 90 valence electrons. The summed E-state index contributed by atoms with van der Waals surface area (Å²) < 4.78 is 1.90. The first-order chi connectivity index (χ1) is 8.09. The van der Waals surface area contributed by atoms with E-state index in [0.717, 1.165) is 17.3 Å². The molecule has 0 amide bonds. The predicted molar refractivity (Wildman–Crippen MR) is 69.1 cm³/mol. The first kappa shape index (κ1) is 10.8. The van der Waals surface area contributed by atoms with Crippen molar-refractivity contribution in [3.05, 3.63) is 23.0 Å². The molecule has 2 aromatic rings. The Morgan fingerprint density at radius 3 is 2.88 bits per heavy atom. The highest BCUT2D eigenvalue weighted by atomic mass is 15.3. The van der Waals surface area contributed by atoms with E-state index in [1.807, 2.05) is 11.7 Å². The summed E-state index contributed by atoms with van der Waals surface area (Å²) in [6, 6.07) is 0. The lowest BCUT2D eigenvalue weighted by atomic mass is 9.77. The van der Waals surface area contributed by atoms with Gasteiger partial charge in [0.1, 0.15) is 0 Å². The summed E-state index contributed by atoms with van der Waals surface area (Å²) in [5.41, 5.74) is 5.08. The fourth-order valence-electron chi connectivity index (χ4n) is 3.09. The maximum absolute atomic E-state index is 4.60. The number of hydrogen-bond donors (Lipinski definition) is 0. The maximum atomic E-state index is 4.60. The van der Waals surface area contributed by atoms with Gasteiger partial charge in [0.25, 0.3) is 0 Å². The third kappa shape index (κ3) is 1.41. The highest BCUT2D eigenvalue weighted by Gasteiger charge is 2.26. The Balaban J connectivity index is 2.33.